The predicted molar refractivity (Wildman–Crippen MR) is 81.6 cm³/mol. The van der Waals surface area contributed by atoms with Crippen molar-refractivity contribution in [3.8, 4) is 0 Å². The van der Waals surface area contributed by atoms with Gasteiger partial charge in [0.25, 0.3) is 0 Å². The van der Waals surface area contributed by atoms with Gasteiger partial charge in [0.15, 0.2) is 0 Å². The molecule has 1 heterocycles. The van der Waals surface area contributed by atoms with Crippen molar-refractivity contribution in [3.05, 3.63) is 40.2 Å². The van der Waals surface area contributed by atoms with Gasteiger partial charge < -0.3 is 14.0 Å². The lowest BCUT2D eigenvalue weighted by atomic mass is 10.1. The molecule has 22 heavy (non-hydrogen) atoms. The average molecular weight is 306 g/mol. The highest BCUT2D eigenvalue weighted by atomic mass is 16.6. The summed E-state index contributed by atoms with van der Waals surface area (Å²) in [4.78, 5) is 28.1. The number of hydrogen-bond acceptors (Lipinski definition) is 6. The van der Waals surface area contributed by atoms with E-state index in [9.17, 15) is 9.59 Å². The minimum atomic E-state index is -0.557. The van der Waals surface area contributed by atoms with Gasteiger partial charge in [0.05, 0.1) is 13.2 Å². The Morgan fingerprint density at radius 1 is 1.23 bits per heavy atom. The first-order chi connectivity index (χ1) is 10.6. The van der Waals surface area contributed by atoms with E-state index < -0.39 is 11.7 Å². The van der Waals surface area contributed by atoms with Crippen LogP contribution >= 0.6 is 0 Å². The maximum Gasteiger partial charge on any atom is 0.411 e. The molecule has 0 spiro atoms. The number of carbonyl (C=O) groups is 1. The molecule has 0 aliphatic carbocycles. The summed E-state index contributed by atoms with van der Waals surface area (Å²) in [7, 11) is 0. The van der Waals surface area contributed by atoms with Crippen LogP contribution in [0.3, 0.4) is 0 Å². The molecule has 0 aliphatic heterocycles. The summed E-state index contributed by atoms with van der Waals surface area (Å²) >= 11 is 0. The molecule has 118 valence electrons. The van der Waals surface area contributed by atoms with Crippen molar-refractivity contribution in [2.75, 3.05) is 18.5 Å². The van der Waals surface area contributed by atoms with Gasteiger partial charge in [-0.15, -0.1) is 0 Å². The SMILES string of the molecule is CCONCc1cc(=O)oc2cc(NC(=O)OCC)ccc12. The third-order valence-corrected chi connectivity index (χ3v) is 2.86. The summed E-state index contributed by atoms with van der Waals surface area (Å²) in [6.07, 6.45) is -0.557. The normalized spacial score (nSPS) is 10.6. The monoisotopic (exact) mass is 306 g/mol. The first-order valence-corrected chi connectivity index (χ1v) is 6.99. The molecular weight excluding hydrogens is 288 g/mol. The smallest absolute Gasteiger partial charge is 0.411 e. The van der Waals surface area contributed by atoms with Crippen molar-refractivity contribution in [2.24, 2.45) is 0 Å². The van der Waals surface area contributed by atoms with Crippen LogP contribution in [0.1, 0.15) is 19.4 Å². The van der Waals surface area contributed by atoms with E-state index in [-0.39, 0.29) is 6.61 Å². The minimum absolute atomic E-state index is 0.280. The van der Waals surface area contributed by atoms with Gasteiger partial charge in [0.2, 0.25) is 0 Å². The number of nitrogens with one attached hydrogen (secondary N) is 2. The summed E-state index contributed by atoms with van der Waals surface area (Å²) in [5, 5.41) is 3.33. The Bertz CT molecular complexity index is 711. The fraction of sp³-hybridized carbons (Fsp3) is 0.333. The predicted octanol–water partition coefficient (Wildman–Crippen LogP) is 2.40. The number of carbonyl (C=O) groups excluding carboxylic acids is 1. The van der Waals surface area contributed by atoms with Gasteiger partial charge in [0, 0.05) is 29.8 Å². The van der Waals surface area contributed by atoms with Crippen LogP contribution in [-0.4, -0.2) is 19.3 Å². The Morgan fingerprint density at radius 3 is 2.77 bits per heavy atom. The fourth-order valence-electron chi connectivity index (χ4n) is 1.97. The van der Waals surface area contributed by atoms with Gasteiger partial charge in [0.1, 0.15) is 5.58 Å². The van der Waals surface area contributed by atoms with Gasteiger partial charge in [-0.3, -0.25) is 5.32 Å². The molecule has 0 saturated heterocycles. The zero-order chi connectivity index (χ0) is 15.9. The van der Waals surface area contributed by atoms with Crippen molar-refractivity contribution >= 4 is 22.7 Å². The van der Waals surface area contributed by atoms with E-state index in [4.69, 9.17) is 14.0 Å². The topological polar surface area (TPSA) is 89.8 Å². The molecule has 7 nitrogen and oxygen atoms in total. The third-order valence-electron chi connectivity index (χ3n) is 2.86. The summed E-state index contributed by atoms with van der Waals surface area (Å²) in [5.74, 6) is 0. The largest absolute Gasteiger partial charge is 0.450 e. The van der Waals surface area contributed by atoms with Crippen LogP contribution < -0.4 is 16.4 Å². The number of amides is 1. The Labute approximate surface area is 127 Å². The molecule has 0 radical (unpaired) electrons. The first kappa shape index (κ1) is 16.0. The summed E-state index contributed by atoms with van der Waals surface area (Å²) in [6, 6.07) is 6.47. The maximum atomic E-state index is 11.6. The van der Waals surface area contributed by atoms with Crippen molar-refractivity contribution in [3.63, 3.8) is 0 Å². The zero-order valence-electron chi connectivity index (χ0n) is 12.5. The highest BCUT2D eigenvalue weighted by Gasteiger charge is 2.08. The van der Waals surface area contributed by atoms with Gasteiger partial charge >= 0.3 is 11.7 Å². The molecular formula is C15H18N2O5. The average Bonchev–Trinajstić information content (AvgIpc) is 2.47. The lowest BCUT2D eigenvalue weighted by molar-refractivity contribution is 0.0465. The number of ether oxygens (including phenoxy) is 1. The Balaban J connectivity index is 2.28. The second kappa shape index (κ2) is 7.58. The minimum Gasteiger partial charge on any atom is -0.450 e. The number of hydrogen-bond donors (Lipinski definition) is 2. The number of anilines is 1. The van der Waals surface area contributed by atoms with Crippen LogP contribution in [0, 0.1) is 0 Å². The van der Waals surface area contributed by atoms with Gasteiger partial charge in [-0.1, -0.05) is 0 Å². The van der Waals surface area contributed by atoms with Crippen LogP contribution in [0.15, 0.2) is 33.5 Å². The number of fused-ring (bicyclic) bond motifs is 1. The molecule has 1 aromatic carbocycles. The second-order valence-corrected chi connectivity index (χ2v) is 4.40. The molecule has 7 heteroatoms. The van der Waals surface area contributed by atoms with Crippen molar-refractivity contribution in [1.82, 2.24) is 5.48 Å². The number of hydroxylamine groups is 1. The molecule has 1 amide bonds. The molecule has 2 rings (SSSR count). The quantitative estimate of drug-likeness (QED) is 0.484. The van der Waals surface area contributed by atoms with Gasteiger partial charge in [-0.05, 0) is 31.5 Å². The molecule has 0 fully saturated rings. The third kappa shape index (κ3) is 4.06. The van der Waals surface area contributed by atoms with Crippen LogP contribution in [0.4, 0.5) is 10.5 Å². The summed E-state index contributed by atoms with van der Waals surface area (Å²) in [5.41, 5.74) is 3.93. The Morgan fingerprint density at radius 2 is 2.05 bits per heavy atom. The highest BCUT2D eigenvalue weighted by molar-refractivity contribution is 5.89. The molecule has 0 bridgehead atoms. The molecule has 0 aliphatic rings. The Hall–Kier alpha value is -2.38. The van der Waals surface area contributed by atoms with Crippen molar-refractivity contribution in [2.45, 2.75) is 20.4 Å². The van der Waals surface area contributed by atoms with Gasteiger partial charge in [-0.2, -0.15) is 5.48 Å². The van der Waals surface area contributed by atoms with Gasteiger partial charge in [-0.25, -0.2) is 9.59 Å². The van der Waals surface area contributed by atoms with Crippen LogP contribution in [-0.2, 0) is 16.1 Å². The van der Waals surface area contributed by atoms with E-state index in [1.165, 1.54) is 6.07 Å². The van der Waals surface area contributed by atoms with E-state index in [1.807, 2.05) is 6.92 Å². The number of benzene rings is 1. The lowest BCUT2D eigenvalue weighted by Gasteiger charge is -2.09. The Kier molecular flexibility index (Phi) is 5.51. The number of rotatable bonds is 6. The van der Waals surface area contributed by atoms with E-state index in [0.717, 1.165) is 10.9 Å². The van der Waals surface area contributed by atoms with Crippen molar-refractivity contribution in [1.29, 1.82) is 0 Å². The highest BCUT2D eigenvalue weighted by Crippen LogP contribution is 2.21. The molecule has 1 aromatic heterocycles. The lowest BCUT2D eigenvalue weighted by Crippen LogP contribution is -2.15. The van der Waals surface area contributed by atoms with Crippen LogP contribution in [0.2, 0.25) is 0 Å². The molecule has 0 unspecified atom stereocenters. The fourth-order valence-corrected chi connectivity index (χ4v) is 1.97. The van der Waals surface area contributed by atoms with Crippen LogP contribution in [0.25, 0.3) is 11.0 Å². The van der Waals surface area contributed by atoms with E-state index in [1.54, 1.807) is 25.1 Å². The van der Waals surface area contributed by atoms with E-state index in [0.29, 0.717) is 24.4 Å². The molecule has 0 saturated carbocycles. The standard InChI is InChI=1S/C15H18N2O5/c1-3-20-15(19)17-11-5-6-12-10(9-16-21-4-2)7-14(18)22-13(12)8-11/h5-8,16H,3-4,9H2,1-2H3,(H,17,19). The van der Waals surface area contributed by atoms with E-state index >= 15 is 0 Å². The first-order valence-electron chi connectivity index (χ1n) is 6.99. The molecule has 0 atom stereocenters. The maximum absolute atomic E-state index is 11.6. The summed E-state index contributed by atoms with van der Waals surface area (Å²) in [6.45, 7) is 4.75. The summed E-state index contributed by atoms with van der Waals surface area (Å²) < 4.78 is 9.98. The molecule has 2 aromatic rings. The van der Waals surface area contributed by atoms with Crippen LogP contribution in [0.5, 0.6) is 0 Å². The van der Waals surface area contributed by atoms with E-state index in [2.05, 4.69) is 10.8 Å². The molecule has 2 N–H and O–H groups in total. The second-order valence-electron chi connectivity index (χ2n) is 4.40. The zero-order valence-corrected chi connectivity index (χ0v) is 12.5. The van der Waals surface area contributed by atoms with Crippen molar-refractivity contribution < 1.29 is 18.8 Å².